The van der Waals surface area contributed by atoms with Gasteiger partial charge in [0.25, 0.3) is 0 Å². The lowest BCUT2D eigenvalue weighted by Crippen LogP contribution is -2.10. The summed E-state index contributed by atoms with van der Waals surface area (Å²) < 4.78 is 6.52. The number of aryl methyl sites for hydroxylation is 1. The van der Waals surface area contributed by atoms with Crippen LogP contribution < -0.4 is 5.32 Å². The van der Waals surface area contributed by atoms with Crippen molar-refractivity contribution in [2.75, 3.05) is 19.0 Å². The number of esters is 1. The minimum atomic E-state index is -0.376. The Morgan fingerprint density at radius 3 is 3.05 bits per heavy atom. The highest BCUT2D eigenvalue weighted by atomic mass is 16.5. The Kier molecular flexibility index (Phi) is 4.07. The molecule has 7 nitrogen and oxygen atoms in total. The number of pyridine rings is 1. The minimum Gasteiger partial charge on any atom is -0.465 e. The average molecular weight is 261 g/mol. The number of nitrogens with zero attached hydrogens (tertiary/aromatic N) is 4. The molecule has 1 N–H and O–H groups in total. The van der Waals surface area contributed by atoms with Gasteiger partial charge < -0.3 is 14.6 Å². The third-order valence-electron chi connectivity index (χ3n) is 2.64. The Morgan fingerprint density at radius 1 is 1.53 bits per heavy atom. The molecule has 0 unspecified atom stereocenters. The van der Waals surface area contributed by atoms with E-state index in [9.17, 15) is 4.79 Å². The van der Waals surface area contributed by atoms with Crippen molar-refractivity contribution in [3.63, 3.8) is 0 Å². The van der Waals surface area contributed by atoms with Crippen molar-refractivity contribution in [3.05, 3.63) is 36.0 Å². The summed E-state index contributed by atoms with van der Waals surface area (Å²) >= 11 is 0. The summed E-state index contributed by atoms with van der Waals surface area (Å²) in [7, 11) is 3.25. The molecular weight excluding hydrogens is 246 g/mol. The summed E-state index contributed by atoms with van der Waals surface area (Å²) in [5.41, 5.74) is 0.471. The van der Waals surface area contributed by atoms with E-state index >= 15 is 0 Å². The molecule has 0 amide bonds. The number of carbonyl (C=O) groups is 1. The van der Waals surface area contributed by atoms with Crippen LogP contribution in [0.3, 0.4) is 0 Å². The van der Waals surface area contributed by atoms with Gasteiger partial charge in [0.2, 0.25) is 0 Å². The van der Waals surface area contributed by atoms with E-state index in [-0.39, 0.29) is 5.97 Å². The summed E-state index contributed by atoms with van der Waals surface area (Å²) in [5.74, 6) is 1.14. The molecule has 7 heteroatoms. The van der Waals surface area contributed by atoms with Crippen LogP contribution in [0, 0.1) is 0 Å². The first-order valence-corrected chi connectivity index (χ1v) is 5.82. The first-order valence-electron chi connectivity index (χ1n) is 5.82. The van der Waals surface area contributed by atoms with Gasteiger partial charge in [0.05, 0.1) is 12.7 Å². The molecular formula is C12H15N5O2. The van der Waals surface area contributed by atoms with Gasteiger partial charge in [0.1, 0.15) is 18.0 Å². The first-order chi connectivity index (χ1) is 9.20. The van der Waals surface area contributed by atoms with Crippen molar-refractivity contribution < 1.29 is 9.53 Å². The van der Waals surface area contributed by atoms with E-state index in [0.717, 1.165) is 12.2 Å². The van der Waals surface area contributed by atoms with Gasteiger partial charge in [-0.3, -0.25) is 0 Å². The number of aromatic nitrogens is 4. The second-order valence-electron chi connectivity index (χ2n) is 3.96. The highest BCUT2D eigenvalue weighted by Gasteiger charge is 2.06. The zero-order valence-electron chi connectivity index (χ0n) is 10.8. The molecule has 100 valence electrons. The van der Waals surface area contributed by atoms with Gasteiger partial charge in [-0.1, -0.05) is 0 Å². The van der Waals surface area contributed by atoms with Crippen molar-refractivity contribution in [1.29, 1.82) is 0 Å². The van der Waals surface area contributed by atoms with Crippen LogP contribution in [0.2, 0.25) is 0 Å². The Labute approximate surface area is 110 Å². The Balaban J connectivity index is 1.93. The van der Waals surface area contributed by atoms with E-state index in [0.29, 0.717) is 17.9 Å². The third kappa shape index (κ3) is 3.27. The molecule has 19 heavy (non-hydrogen) atoms. The summed E-state index contributed by atoms with van der Waals surface area (Å²) in [5, 5.41) is 10.9. The number of ether oxygens (including phenoxy) is 1. The molecule has 0 aliphatic heterocycles. The van der Waals surface area contributed by atoms with Gasteiger partial charge in [-0.05, 0) is 12.1 Å². The lowest BCUT2D eigenvalue weighted by Gasteiger charge is -2.06. The quantitative estimate of drug-likeness (QED) is 0.796. The van der Waals surface area contributed by atoms with Gasteiger partial charge in [0, 0.05) is 26.2 Å². The van der Waals surface area contributed by atoms with Gasteiger partial charge in [-0.2, -0.15) is 0 Å². The first kappa shape index (κ1) is 13.0. The maximum atomic E-state index is 11.4. The molecule has 0 saturated heterocycles. The highest BCUT2D eigenvalue weighted by Crippen LogP contribution is 2.08. The van der Waals surface area contributed by atoms with Crippen LogP contribution in [0.1, 0.15) is 16.2 Å². The zero-order valence-corrected chi connectivity index (χ0v) is 10.8. The lowest BCUT2D eigenvalue weighted by atomic mass is 10.2. The fourth-order valence-corrected chi connectivity index (χ4v) is 1.61. The van der Waals surface area contributed by atoms with Crippen molar-refractivity contribution in [2.45, 2.75) is 6.42 Å². The molecule has 0 aliphatic rings. The summed E-state index contributed by atoms with van der Waals surface area (Å²) in [6.45, 7) is 0.657. The summed E-state index contributed by atoms with van der Waals surface area (Å²) in [6.07, 6.45) is 3.95. The van der Waals surface area contributed by atoms with Crippen LogP contribution in [0.15, 0.2) is 24.7 Å². The second kappa shape index (κ2) is 5.94. The van der Waals surface area contributed by atoms with Crippen LogP contribution in [0.5, 0.6) is 0 Å². The van der Waals surface area contributed by atoms with Crippen LogP contribution >= 0.6 is 0 Å². The number of anilines is 1. The van der Waals surface area contributed by atoms with Crippen molar-refractivity contribution in [1.82, 2.24) is 19.7 Å². The predicted molar refractivity (Wildman–Crippen MR) is 68.8 cm³/mol. The molecule has 2 aromatic rings. The number of nitrogens with one attached hydrogen (secondary N) is 1. The number of rotatable bonds is 5. The van der Waals surface area contributed by atoms with Crippen molar-refractivity contribution >= 4 is 11.8 Å². The maximum absolute atomic E-state index is 11.4. The molecule has 2 heterocycles. The monoisotopic (exact) mass is 261 g/mol. The molecule has 0 atom stereocenters. The van der Waals surface area contributed by atoms with E-state index in [1.54, 1.807) is 24.7 Å². The highest BCUT2D eigenvalue weighted by molar-refractivity contribution is 5.89. The molecule has 0 radical (unpaired) electrons. The topological polar surface area (TPSA) is 81.9 Å². The third-order valence-corrected chi connectivity index (χ3v) is 2.64. The van der Waals surface area contributed by atoms with E-state index in [1.807, 2.05) is 11.6 Å². The molecule has 2 aromatic heterocycles. The van der Waals surface area contributed by atoms with Crippen LogP contribution in [0.25, 0.3) is 0 Å². The lowest BCUT2D eigenvalue weighted by molar-refractivity contribution is 0.0600. The molecule has 2 rings (SSSR count). The van der Waals surface area contributed by atoms with Crippen molar-refractivity contribution in [3.8, 4) is 0 Å². The smallest absolute Gasteiger partial charge is 0.338 e. The molecule has 0 aliphatic carbocycles. The van der Waals surface area contributed by atoms with Crippen LogP contribution in [0.4, 0.5) is 5.82 Å². The largest absolute Gasteiger partial charge is 0.465 e. The molecule has 0 spiro atoms. The number of hydrogen-bond donors (Lipinski definition) is 1. The Bertz CT molecular complexity index is 567. The SMILES string of the molecule is COC(=O)c1ccnc(NCCc2nncn2C)c1. The Hall–Kier alpha value is -2.44. The fraction of sp³-hybridized carbons (Fsp3) is 0.333. The maximum Gasteiger partial charge on any atom is 0.338 e. The van der Waals surface area contributed by atoms with E-state index in [4.69, 9.17) is 0 Å². The molecule has 0 saturated carbocycles. The minimum absolute atomic E-state index is 0.376. The van der Waals surface area contributed by atoms with Crippen molar-refractivity contribution in [2.24, 2.45) is 7.05 Å². The molecule has 0 fully saturated rings. The number of carbonyl (C=O) groups excluding carboxylic acids is 1. The zero-order chi connectivity index (χ0) is 13.7. The number of methoxy groups -OCH3 is 1. The summed E-state index contributed by atoms with van der Waals surface area (Å²) in [4.78, 5) is 15.5. The van der Waals surface area contributed by atoms with Gasteiger partial charge in [-0.25, -0.2) is 9.78 Å². The van der Waals surface area contributed by atoms with E-state index < -0.39 is 0 Å². The number of hydrogen-bond acceptors (Lipinski definition) is 6. The molecule has 0 bridgehead atoms. The van der Waals surface area contributed by atoms with Gasteiger partial charge in [-0.15, -0.1) is 10.2 Å². The normalized spacial score (nSPS) is 10.2. The van der Waals surface area contributed by atoms with Crippen LogP contribution in [-0.4, -0.2) is 39.4 Å². The standard InChI is InChI=1S/C12H15N5O2/c1-17-8-15-16-11(17)4-6-14-10-7-9(3-5-13-10)12(18)19-2/h3,5,7-8H,4,6H2,1-2H3,(H,13,14). The van der Waals surface area contributed by atoms with Crippen LogP contribution in [-0.2, 0) is 18.2 Å². The van der Waals surface area contributed by atoms with Gasteiger partial charge >= 0.3 is 5.97 Å². The predicted octanol–water partition coefficient (Wildman–Crippen LogP) is 0.651. The Morgan fingerprint density at radius 2 is 2.37 bits per heavy atom. The second-order valence-corrected chi connectivity index (χ2v) is 3.96. The average Bonchev–Trinajstić information content (AvgIpc) is 2.84. The summed E-state index contributed by atoms with van der Waals surface area (Å²) in [6, 6.07) is 3.27. The fourth-order valence-electron chi connectivity index (χ4n) is 1.61. The van der Waals surface area contributed by atoms with E-state index in [1.165, 1.54) is 7.11 Å². The molecule has 0 aromatic carbocycles. The van der Waals surface area contributed by atoms with Gasteiger partial charge in [0.15, 0.2) is 0 Å². The van der Waals surface area contributed by atoms with E-state index in [2.05, 4.69) is 25.2 Å².